The maximum absolute atomic E-state index is 13.0. The second-order valence-electron chi connectivity index (χ2n) is 9.47. The third kappa shape index (κ3) is 5.22. The second kappa shape index (κ2) is 8.81. The van der Waals surface area contributed by atoms with Gasteiger partial charge < -0.3 is 9.47 Å². The lowest BCUT2D eigenvalue weighted by atomic mass is 9.75. The Balaban J connectivity index is 2.00. The molecule has 1 heterocycles. The minimum atomic E-state index is -5.14. The van der Waals surface area contributed by atoms with E-state index in [0.29, 0.717) is 24.4 Å². The molecule has 1 saturated heterocycles. The van der Waals surface area contributed by atoms with E-state index in [1.54, 1.807) is 26.8 Å². The lowest BCUT2D eigenvalue weighted by Crippen LogP contribution is -2.49. The quantitative estimate of drug-likeness (QED) is 0.501. The van der Waals surface area contributed by atoms with Gasteiger partial charge in [0.15, 0.2) is 11.5 Å². The first-order chi connectivity index (χ1) is 14.4. The Kier molecular flexibility index (Phi) is 6.69. The van der Waals surface area contributed by atoms with Crippen molar-refractivity contribution in [3.05, 3.63) is 23.3 Å². The van der Waals surface area contributed by atoms with Gasteiger partial charge in [-0.15, -0.1) is 0 Å². The summed E-state index contributed by atoms with van der Waals surface area (Å²) in [6, 6.07) is 3.53. The molecule has 0 N–H and O–H groups in total. The largest absolute Gasteiger partial charge is 0.491 e. The van der Waals surface area contributed by atoms with Crippen LogP contribution in [0.1, 0.15) is 58.1 Å². The average Bonchev–Trinajstić information content (AvgIpc) is 2.67. The van der Waals surface area contributed by atoms with E-state index in [2.05, 4.69) is 11.8 Å². The van der Waals surface area contributed by atoms with Gasteiger partial charge in [-0.05, 0) is 83.5 Å². The van der Waals surface area contributed by atoms with Crippen molar-refractivity contribution in [1.82, 2.24) is 4.90 Å². The standard InChI is InChI=1S/C23H30F3NO4/c1-5-10-27-11-6-7-15-12-16-14(13-17(15)27)8-9-18(30-20(28)22(2,3)4)19(16)31-21(29)23(24,25)26/h8-9,15,17H,5-7,10-13H2,1-4H3/t15-,17-/m1/s1. The molecular formula is C23H30F3NO4. The van der Waals surface area contributed by atoms with Gasteiger partial charge in [0.25, 0.3) is 0 Å². The molecule has 0 amide bonds. The van der Waals surface area contributed by atoms with Gasteiger partial charge in [0.2, 0.25) is 0 Å². The van der Waals surface area contributed by atoms with Crippen molar-refractivity contribution in [1.29, 1.82) is 0 Å². The first-order valence-electron chi connectivity index (χ1n) is 10.8. The molecule has 2 aliphatic rings. The summed E-state index contributed by atoms with van der Waals surface area (Å²) in [5.41, 5.74) is 0.511. The zero-order valence-corrected chi connectivity index (χ0v) is 18.5. The van der Waals surface area contributed by atoms with E-state index in [1.165, 1.54) is 6.07 Å². The van der Waals surface area contributed by atoms with E-state index in [0.717, 1.165) is 37.9 Å². The number of nitrogens with zero attached hydrogens (tertiary/aromatic N) is 1. The van der Waals surface area contributed by atoms with Gasteiger partial charge in [0.1, 0.15) is 0 Å². The van der Waals surface area contributed by atoms with E-state index >= 15 is 0 Å². The highest BCUT2D eigenvalue weighted by molar-refractivity contribution is 5.82. The summed E-state index contributed by atoms with van der Waals surface area (Å²) in [5.74, 6) is -3.09. The van der Waals surface area contributed by atoms with Crippen molar-refractivity contribution >= 4 is 11.9 Å². The smallest absolute Gasteiger partial charge is 0.422 e. The van der Waals surface area contributed by atoms with Crippen LogP contribution in [0.2, 0.25) is 0 Å². The molecule has 3 rings (SSSR count). The van der Waals surface area contributed by atoms with Crippen molar-refractivity contribution in [2.75, 3.05) is 13.1 Å². The van der Waals surface area contributed by atoms with Gasteiger partial charge in [-0.1, -0.05) is 13.0 Å². The van der Waals surface area contributed by atoms with Crippen LogP contribution in [0.3, 0.4) is 0 Å². The van der Waals surface area contributed by atoms with Crippen LogP contribution in [0.4, 0.5) is 13.2 Å². The second-order valence-corrected chi connectivity index (χ2v) is 9.47. The minimum Gasteiger partial charge on any atom is -0.422 e. The molecule has 1 aliphatic heterocycles. The number of hydrogen-bond donors (Lipinski definition) is 0. The molecule has 0 spiro atoms. The predicted molar refractivity (Wildman–Crippen MR) is 109 cm³/mol. The van der Waals surface area contributed by atoms with E-state index in [9.17, 15) is 22.8 Å². The molecule has 0 bridgehead atoms. The number of halogens is 3. The number of fused-ring (bicyclic) bond motifs is 2. The van der Waals surface area contributed by atoms with E-state index in [1.807, 2.05) is 0 Å². The molecule has 172 valence electrons. The summed E-state index contributed by atoms with van der Waals surface area (Å²) in [6.45, 7) is 9.05. The first kappa shape index (κ1) is 23.6. The van der Waals surface area contributed by atoms with Crippen LogP contribution >= 0.6 is 0 Å². The normalized spacial score (nSPS) is 21.8. The molecular weight excluding hydrogens is 411 g/mol. The summed E-state index contributed by atoms with van der Waals surface area (Å²) in [6.07, 6.45) is -0.971. The van der Waals surface area contributed by atoms with E-state index in [-0.39, 0.29) is 17.4 Å². The Morgan fingerprint density at radius 1 is 1.10 bits per heavy atom. The van der Waals surface area contributed by atoms with Crippen LogP contribution in [0.25, 0.3) is 0 Å². The molecule has 8 heteroatoms. The number of ether oxygens (including phenoxy) is 2. The van der Waals surface area contributed by atoms with Crippen molar-refractivity contribution in [3.63, 3.8) is 0 Å². The van der Waals surface area contributed by atoms with Gasteiger partial charge in [-0.3, -0.25) is 9.69 Å². The highest BCUT2D eigenvalue weighted by atomic mass is 19.4. The lowest BCUT2D eigenvalue weighted by Gasteiger charge is -2.45. The molecule has 0 aromatic heterocycles. The van der Waals surface area contributed by atoms with Crippen LogP contribution in [-0.2, 0) is 22.4 Å². The Morgan fingerprint density at radius 2 is 1.81 bits per heavy atom. The fourth-order valence-corrected chi connectivity index (χ4v) is 4.46. The maximum Gasteiger partial charge on any atom is 0.491 e. The van der Waals surface area contributed by atoms with Crippen LogP contribution < -0.4 is 9.47 Å². The molecule has 2 atom stereocenters. The maximum atomic E-state index is 13.0. The number of alkyl halides is 3. The Hall–Kier alpha value is -2.09. The molecule has 1 aliphatic carbocycles. The van der Waals surface area contributed by atoms with Gasteiger partial charge in [0.05, 0.1) is 5.41 Å². The number of likely N-dealkylation sites (tertiary alicyclic amines) is 1. The van der Waals surface area contributed by atoms with Crippen molar-refractivity contribution in [3.8, 4) is 11.5 Å². The van der Waals surface area contributed by atoms with E-state index < -0.39 is 23.5 Å². The number of hydrogen-bond acceptors (Lipinski definition) is 5. The number of benzene rings is 1. The Labute approximate surface area is 180 Å². The third-order valence-electron chi connectivity index (χ3n) is 6.00. The van der Waals surface area contributed by atoms with Gasteiger partial charge in [0, 0.05) is 11.6 Å². The molecule has 0 saturated carbocycles. The van der Waals surface area contributed by atoms with Gasteiger partial charge >= 0.3 is 18.1 Å². The highest BCUT2D eigenvalue weighted by Crippen LogP contribution is 2.44. The van der Waals surface area contributed by atoms with Crippen LogP contribution in [-0.4, -0.2) is 42.1 Å². The Bertz CT molecular complexity index is 842. The highest BCUT2D eigenvalue weighted by Gasteiger charge is 2.44. The first-order valence-corrected chi connectivity index (χ1v) is 10.8. The molecule has 1 aromatic rings. The van der Waals surface area contributed by atoms with E-state index in [4.69, 9.17) is 9.47 Å². The van der Waals surface area contributed by atoms with Crippen molar-refractivity contribution < 1.29 is 32.2 Å². The van der Waals surface area contributed by atoms with Crippen LogP contribution in [0.5, 0.6) is 11.5 Å². The summed E-state index contributed by atoms with van der Waals surface area (Å²) in [5, 5.41) is 0. The van der Waals surface area contributed by atoms with Gasteiger partial charge in [-0.2, -0.15) is 13.2 Å². The van der Waals surface area contributed by atoms with Crippen LogP contribution in [0.15, 0.2) is 12.1 Å². The number of rotatable bonds is 4. The summed E-state index contributed by atoms with van der Waals surface area (Å²) < 4.78 is 49.1. The average molecular weight is 441 g/mol. The van der Waals surface area contributed by atoms with Crippen LogP contribution in [0, 0.1) is 11.3 Å². The zero-order chi connectivity index (χ0) is 23.0. The molecule has 1 aromatic carbocycles. The monoisotopic (exact) mass is 441 g/mol. The number of carbonyl (C=O) groups excluding carboxylic acids is 2. The number of esters is 2. The fraction of sp³-hybridized carbons (Fsp3) is 0.652. The van der Waals surface area contributed by atoms with Crippen molar-refractivity contribution in [2.45, 2.75) is 72.0 Å². The fourth-order valence-electron chi connectivity index (χ4n) is 4.46. The topological polar surface area (TPSA) is 55.8 Å². The number of carbonyl (C=O) groups is 2. The summed E-state index contributed by atoms with van der Waals surface area (Å²) >= 11 is 0. The lowest BCUT2D eigenvalue weighted by molar-refractivity contribution is -0.189. The molecule has 0 unspecified atom stereocenters. The molecule has 31 heavy (non-hydrogen) atoms. The summed E-state index contributed by atoms with van der Waals surface area (Å²) in [7, 11) is 0. The number of piperidine rings is 1. The molecule has 1 fully saturated rings. The zero-order valence-electron chi connectivity index (χ0n) is 18.5. The van der Waals surface area contributed by atoms with Gasteiger partial charge in [-0.25, -0.2) is 4.79 Å². The van der Waals surface area contributed by atoms with Crippen molar-refractivity contribution in [2.24, 2.45) is 11.3 Å². The molecule has 0 radical (unpaired) electrons. The predicted octanol–water partition coefficient (Wildman–Crippen LogP) is 4.70. The molecule has 5 nitrogen and oxygen atoms in total. The Morgan fingerprint density at radius 3 is 2.42 bits per heavy atom. The SMILES string of the molecule is CCCN1CCC[C@@H]2Cc3c(ccc(OC(=O)C(C)(C)C)c3OC(=O)C(F)(F)F)C[C@H]21. The third-order valence-corrected chi connectivity index (χ3v) is 6.00. The minimum absolute atomic E-state index is 0.143. The summed E-state index contributed by atoms with van der Waals surface area (Å²) in [4.78, 5) is 26.5.